The van der Waals surface area contributed by atoms with Crippen LogP contribution in [0.3, 0.4) is 0 Å². The number of rotatable bonds is 7. The summed E-state index contributed by atoms with van der Waals surface area (Å²) in [5.41, 5.74) is 1.91. The number of nitrogens with one attached hydrogen (secondary N) is 2. The molecule has 240 valence electrons. The summed E-state index contributed by atoms with van der Waals surface area (Å²) >= 11 is 0. The van der Waals surface area contributed by atoms with Crippen molar-refractivity contribution >= 4 is 22.8 Å². The van der Waals surface area contributed by atoms with Crippen molar-refractivity contribution in [2.24, 2.45) is 0 Å². The number of nitrogens with zero attached hydrogens (tertiary/aromatic N) is 7. The van der Waals surface area contributed by atoms with Gasteiger partial charge >= 0.3 is 12.2 Å². The second kappa shape index (κ2) is 12.9. The largest absolute Gasteiger partial charge is 0.437 e. The van der Waals surface area contributed by atoms with Crippen molar-refractivity contribution in [3.63, 3.8) is 0 Å². The van der Waals surface area contributed by atoms with Crippen LogP contribution in [0.1, 0.15) is 54.3 Å². The maximum Gasteiger partial charge on any atom is 0.416 e. The smallest absolute Gasteiger partial charge is 0.416 e. The highest BCUT2D eigenvalue weighted by molar-refractivity contribution is 5.89. The van der Waals surface area contributed by atoms with Crippen molar-refractivity contribution < 1.29 is 22.7 Å². The van der Waals surface area contributed by atoms with E-state index in [1.807, 2.05) is 17.9 Å². The third-order valence-corrected chi connectivity index (χ3v) is 8.64. The normalized spacial score (nSPS) is 17.5. The van der Waals surface area contributed by atoms with Gasteiger partial charge in [0.1, 0.15) is 29.5 Å². The number of pyridine rings is 1. The zero-order valence-electron chi connectivity index (χ0n) is 25.6. The first-order valence-electron chi connectivity index (χ1n) is 15.3. The number of hydrogen-bond donors (Lipinski definition) is 2. The van der Waals surface area contributed by atoms with Crippen LogP contribution < -0.4 is 10.1 Å². The number of piperazine rings is 1. The summed E-state index contributed by atoms with van der Waals surface area (Å²) in [6, 6.07) is 8.94. The molecular weight excluding hydrogens is 599 g/mol. The maximum atomic E-state index is 14.2. The first-order valence-corrected chi connectivity index (χ1v) is 15.3. The number of aromatic amines is 1. The fraction of sp³-hybridized carbons (Fsp3) is 0.406. The number of ether oxygens (including phenoxy) is 1. The minimum atomic E-state index is -4.56. The van der Waals surface area contributed by atoms with Gasteiger partial charge in [-0.3, -0.25) is 9.88 Å². The van der Waals surface area contributed by atoms with Crippen molar-refractivity contribution in [2.45, 2.75) is 45.5 Å². The van der Waals surface area contributed by atoms with E-state index >= 15 is 0 Å². The van der Waals surface area contributed by atoms with Crippen molar-refractivity contribution in [1.82, 2.24) is 34.6 Å². The first kappa shape index (κ1) is 31.3. The Balaban J connectivity index is 1.18. The van der Waals surface area contributed by atoms with E-state index in [-0.39, 0.29) is 36.1 Å². The third kappa shape index (κ3) is 6.61. The molecule has 1 saturated heterocycles. The molecule has 1 atom stereocenters. The molecule has 0 spiro atoms. The Bertz CT molecular complexity index is 1780. The topological polar surface area (TPSA) is 126 Å². The lowest BCUT2D eigenvalue weighted by Crippen LogP contribution is -2.45. The molecule has 46 heavy (non-hydrogen) atoms. The van der Waals surface area contributed by atoms with Crippen LogP contribution in [-0.4, -0.2) is 79.9 Å². The number of fused-ring (bicyclic) bond motifs is 2. The Morgan fingerprint density at radius 3 is 2.61 bits per heavy atom. The summed E-state index contributed by atoms with van der Waals surface area (Å²) in [6.07, 6.45) is -0.944. The molecule has 0 saturated carbocycles. The van der Waals surface area contributed by atoms with Gasteiger partial charge < -0.3 is 24.8 Å². The lowest BCUT2D eigenvalue weighted by atomic mass is 9.92. The van der Waals surface area contributed by atoms with Crippen LogP contribution in [0.2, 0.25) is 0 Å². The van der Waals surface area contributed by atoms with Crippen LogP contribution >= 0.6 is 0 Å². The van der Waals surface area contributed by atoms with Crippen molar-refractivity contribution in [3.8, 4) is 17.7 Å². The van der Waals surface area contributed by atoms with E-state index in [0.29, 0.717) is 48.5 Å². The molecule has 6 rings (SSSR count). The molecule has 2 amide bonds. The number of halogens is 3. The number of aromatic nitrogens is 4. The zero-order valence-corrected chi connectivity index (χ0v) is 25.6. The van der Waals surface area contributed by atoms with Crippen LogP contribution in [0.15, 0.2) is 42.9 Å². The predicted octanol–water partition coefficient (Wildman–Crippen LogP) is 5.71. The average molecular weight is 634 g/mol. The Morgan fingerprint density at radius 1 is 1.11 bits per heavy atom. The number of anilines is 1. The third-order valence-electron chi connectivity index (χ3n) is 8.64. The minimum absolute atomic E-state index is 0.0709. The molecule has 0 aliphatic carbocycles. The molecule has 5 heterocycles. The lowest BCUT2D eigenvalue weighted by Gasteiger charge is -2.34. The van der Waals surface area contributed by atoms with Crippen molar-refractivity contribution in [3.05, 3.63) is 70.9 Å². The maximum absolute atomic E-state index is 14.2. The number of urea groups is 1. The highest BCUT2D eigenvalue weighted by Crippen LogP contribution is 2.36. The molecule has 2 aliphatic rings. The second-order valence-electron chi connectivity index (χ2n) is 11.5. The Labute approximate surface area is 264 Å². The summed E-state index contributed by atoms with van der Waals surface area (Å²) in [7, 11) is 0. The standard InChI is InChI=1S/C32H34F3N9O2/c1-3-20-17-44(18-22-11-25(15-37-28(20)22)46-30-26-12-24(14-36)40-29(26)38-19-39-30)31(45)41-23-6-5-21(27(13-23)32(33,34)35)16-43-9-7-42(4-2)8-10-43/h5-6,11-13,15,19-20H,3-4,7-10,16-18H2,1-2H3,(H,41,45)(H,38,39,40). The van der Waals surface area contributed by atoms with Crippen LogP contribution in [0.4, 0.5) is 23.7 Å². The highest BCUT2D eigenvalue weighted by atomic mass is 19.4. The molecule has 3 aromatic heterocycles. The fourth-order valence-corrected chi connectivity index (χ4v) is 6.08. The Morgan fingerprint density at radius 2 is 1.89 bits per heavy atom. The van der Waals surface area contributed by atoms with Crippen molar-refractivity contribution in [1.29, 1.82) is 5.26 Å². The molecule has 2 N–H and O–H groups in total. The van der Waals surface area contributed by atoms with Gasteiger partial charge in [0.15, 0.2) is 0 Å². The summed E-state index contributed by atoms with van der Waals surface area (Å²) in [6.45, 7) is 8.82. The van der Waals surface area contributed by atoms with E-state index in [2.05, 4.69) is 37.1 Å². The Hall–Kier alpha value is -4.74. The number of likely N-dealkylation sites (N-methyl/N-ethyl adjacent to an activating group) is 1. The van der Waals surface area contributed by atoms with Gasteiger partial charge in [0.25, 0.3) is 0 Å². The molecule has 14 heteroatoms. The molecule has 4 aromatic rings. The van der Waals surface area contributed by atoms with E-state index in [4.69, 9.17) is 4.74 Å². The fourth-order valence-electron chi connectivity index (χ4n) is 6.08. The van der Waals surface area contributed by atoms with E-state index in [0.717, 1.165) is 37.0 Å². The average Bonchev–Trinajstić information content (AvgIpc) is 3.49. The molecule has 1 fully saturated rings. The number of benzene rings is 1. The molecule has 1 unspecified atom stereocenters. The van der Waals surface area contributed by atoms with Crippen LogP contribution in [0.25, 0.3) is 11.0 Å². The monoisotopic (exact) mass is 633 g/mol. The van der Waals surface area contributed by atoms with Gasteiger partial charge in [0.2, 0.25) is 5.88 Å². The van der Waals surface area contributed by atoms with Gasteiger partial charge in [0, 0.05) is 57.4 Å². The minimum Gasteiger partial charge on any atom is -0.437 e. The van der Waals surface area contributed by atoms with Gasteiger partial charge in [-0.15, -0.1) is 0 Å². The quantitative estimate of drug-likeness (QED) is 0.265. The van der Waals surface area contributed by atoms with Crippen LogP contribution in [-0.2, 0) is 19.3 Å². The number of carbonyl (C=O) groups is 1. The van der Waals surface area contributed by atoms with Crippen molar-refractivity contribution in [2.75, 3.05) is 44.6 Å². The van der Waals surface area contributed by atoms with E-state index < -0.39 is 17.8 Å². The summed E-state index contributed by atoms with van der Waals surface area (Å²) in [5.74, 6) is 0.560. The highest BCUT2D eigenvalue weighted by Gasteiger charge is 2.35. The molecule has 0 radical (unpaired) electrons. The molecule has 0 bridgehead atoms. The molecule has 11 nitrogen and oxygen atoms in total. The molecular formula is C32H34F3N9O2. The van der Waals surface area contributed by atoms with E-state index in [9.17, 15) is 23.2 Å². The Kier molecular flexibility index (Phi) is 8.79. The lowest BCUT2D eigenvalue weighted by molar-refractivity contribution is -0.138. The SMILES string of the molecule is CCC1CN(C(=O)Nc2ccc(CN3CCN(CC)CC3)c(C(F)(F)F)c2)Cc2cc(Oc3ncnc4[nH]c(C#N)cc34)cnc21. The van der Waals surface area contributed by atoms with Gasteiger partial charge in [-0.2, -0.15) is 18.4 Å². The zero-order chi connectivity index (χ0) is 32.4. The van der Waals surface area contributed by atoms with E-state index in [1.54, 1.807) is 23.2 Å². The van der Waals surface area contributed by atoms with Gasteiger partial charge in [-0.1, -0.05) is 19.9 Å². The first-order chi connectivity index (χ1) is 22.1. The molecule has 1 aromatic carbocycles. The number of amides is 2. The van der Waals surface area contributed by atoms with E-state index in [1.165, 1.54) is 18.5 Å². The van der Waals surface area contributed by atoms with Crippen LogP contribution in [0.5, 0.6) is 11.6 Å². The number of H-pyrrole nitrogens is 1. The van der Waals surface area contributed by atoms with Crippen LogP contribution in [0, 0.1) is 11.3 Å². The van der Waals surface area contributed by atoms with Gasteiger partial charge in [0.05, 0.1) is 22.8 Å². The number of alkyl halides is 3. The number of nitriles is 1. The number of hydrogen-bond acceptors (Lipinski definition) is 8. The summed E-state index contributed by atoms with van der Waals surface area (Å²) in [4.78, 5) is 35.2. The second-order valence-corrected chi connectivity index (χ2v) is 11.5. The predicted molar refractivity (Wildman–Crippen MR) is 164 cm³/mol. The summed E-state index contributed by atoms with van der Waals surface area (Å²) in [5, 5.41) is 12.5. The summed E-state index contributed by atoms with van der Waals surface area (Å²) < 4.78 is 48.5. The molecule has 2 aliphatic heterocycles. The van der Waals surface area contributed by atoms with Gasteiger partial charge in [-0.05, 0) is 48.4 Å². The van der Waals surface area contributed by atoms with Gasteiger partial charge in [-0.25, -0.2) is 14.8 Å². The number of carbonyl (C=O) groups excluding carboxylic acids is 1.